The molecule has 8 heavy (non-hydrogen) atoms. The van der Waals surface area contributed by atoms with Gasteiger partial charge in [0.15, 0.2) is 6.29 Å². The van der Waals surface area contributed by atoms with Gasteiger partial charge in [0.1, 0.15) is 0 Å². The zero-order valence-electron chi connectivity index (χ0n) is 4.80. The van der Waals surface area contributed by atoms with Gasteiger partial charge in [0.2, 0.25) is 0 Å². The number of ether oxygens (including phenoxy) is 2. The summed E-state index contributed by atoms with van der Waals surface area (Å²) in [4.78, 5) is 0. The van der Waals surface area contributed by atoms with Gasteiger partial charge in [-0.05, 0) is 6.54 Å². The highest BCUT2D eigenvalue weighted by atomic mass is 16.7. The van der Waals surface area contributed by atoms with Gasteiger partial charge in [0.25, 0.3) is 0 Å². The minimum Gasteiger partial charge on any atom is -0.350 e. The van der Waals surface area contributed by atoms with Gasteiger partial charge in [0, 0.05) is 6.42 Å². The maximum Gasteiger partial charge on any atom is 0.159 e. The van der Waals surface area contributed by atoms with Crippen LogP contribution >= 0.6 is 0 Å². The summed E-state index contributed by atoms with van der Waals surface area (Å²) in [5.41, 5.74) is 5.25. The molecule has 0 saturated carbocycles. The van der Waals surface area contributed by atoms with Crippen LogP contribution in [0.4, 0.5) is 0 Å². The van der Waals surface area contributed by atoms with E-state index in [-0.39, 0.29) is 6.29 Å². The van der Waals surface area contributed by atoms with E-state index < -0.39 is 0 Å². The molecule has 3 heteroatoms. The van der Waals surface area contributed by atoms with Gasteiger partial charge in [-0.15, -0.1) is 0 Å². The highest BCUT2D eigenvalue weighted by Crippen LogP contribution is 2.05. The minimum absolute atomic E-state index is 0.0139. The van der Waals surface area contributed by atoms with Crippen molar-refractivity contribution < 1.29 is 9.47 Å². The van der Waals surface area contributed by atoms with Gasteiger partial charge in [0.05, 0.1) is 13.2 Å². The Morgan fingerprint density at radius 2 is 2.00 bits per heavy atom. The maximum atomic E-state index is 5.25. The van der Waals surface area contributed by atoms with E-state index in [0.717, 1.165) is 19.6 Å². The summed E-state index contributed by atoms with van der Waals surface area (Å²) in [6.45, 7) is 2.10. The molecule has 1 heterocycles. The molecule has 0 aromatic rings. The Morgan fingerprint density at radius 1 is 1.38 bits per heavy atom. The number of hydrogen-bond donors (Lipinski definition) is 1. The van der Waals surface area contributed by atoms with E-state index in [0.29, 0.717) is 6.54 Å². The van der Waals surface area contributed by atoms with Crippen molar-refractivity contribution in [3.8, 4) is 0 Å². The lowest BCUT2D eigenvalue weighted by molar-refractivity contribution is -0.0446. The molecule has 0 atom stereocenters. The quantitative estimate of drug-likeness (QED) is 0.540. The number of rotatable bonds is 2. The van der Waals surface area contributed by atoms with Crippen molar-refractivity contribution in [3.63, 3.8) is 0 Å². The molecule has 0 spiro atoms. The SMILES string of the molecule is NCCC1OCCO1. The Morgan fingerprint density at radius 3 is 2.50 bits per heavy atom. The van der Waals surface area contributed by atoms with Gasteiger partial charge in [-0.25, -0.2) is 0 Å². The molecule has 1 fully saturated rings. The smallest absolute Gasteiger partial charge is 0.159 e. The lowest BCUT2D eigenvalue weighted by Crippen LogP contribution is -2.13. The predicted octanol–water partition coefficient (Wildman–Crippen LogP) is -0.292. The van der Waals surface area contributed by atoms with E-state index in [9.17, 15) is 0 Å². The Labute approximate surface area is 48.8 Å². The fourth-order valence-electron chi connectivity index (χ4n) is 0.710. The van der Waals surface area contributed by atoms with E-state index in [4.69, 9.17) is 15.2 Å². The monoisotopic (exact) mass is 117 g/mol. The molecule has 0 amide bonds. The topological polar surface area (TPSA) is 44.5 Å². The average molecular weight is 117 g/mol. The van der Waals surface area contributed by atoms with Crippen LogP contribution in [0.25, 0.3) is 0 Å². The molecule has 0 aromatic carbocycles. The van der Waals surface area contributed by atoms with Crippen LogP contribution in [0.5, 0.6) is 0 Å². The van der Waals surface area contributed by atoms with Gasteiger partial charge >= 0.3 is 0 Å². The Bertz CT molecular complexity index is 61.4. The summed E-state index contributed by atoms with van der Waals surface area (Å²) >= 11 is 0. The van der Waals surface area contributed by atoms with Crippen molar-refractivity contribution in [3.05, 3.63) is 0 Å². The average Bonchev–Trinajstić information content (AvgIpc) is 2.19. The first-order valence-corrected chi connectivity index (χ1v) is 2.87. The number of hydrogen-bond acceptors (Lipinski definition) is 3. The van der Waals surface area contributed by atoms with Crippen LogP contribution in [-0.2, 0) is 9.47 Å². The Hall–Kier alpha value is -0.120. The first-order valence-electron chi connectivity index (χ1n) is 2.87. The second-order valence-corrected chi connectivity index (χ2v) is 1.75. The zero-order valence-corrected chi connectivity index (χ0v) is 4.80. The summed E-state index contributed by atoms with van der Waals surface area (Å²) in [5, 5.41) is 0. The second-order valence-electron chi connectivity index (χ2n) is 1.75. The van der Waals surface area contributed by atoms with Crippen molar-refractivity contribution >= 4 is 0 Å². The van der Waals surface area contributed by atoms with Crippen LogP contribution in [0.1, 0.15) is 6.42 Å². The molecule has 1 aliphatic heterocycles. The Kier molecular flexibility index (Phi) is 2.27. The summed E-state index contributed by atoms with van der Waals surface area (Å²) in [7, 11) is 0. The first-order chi connectivity index (χ1) is 3.93. The zero-order chi connectivity index (χ0) is 5.82. The normalized spacial score (nSPS) is 22.1. The molecule has 1 saturated heterocycles. The Balaban J connectivity index is 2.06. The van der Waals surface area contributed by atoms with E-state index in [1.54, 1.807) is 0 Å². The standard InChI is InChI=1S/C5H11NO2/c6-2-1-5-7-3-4-8-5/h5H,1-4,6H2. The molecule has 1 rings (SSSR count). The molecule has 0 unspecified atom stereocenters. The van der Waals surface area contributed by atoms with Crippen LogP contribution in [0, 0.1) is 0 Å². The summed E-state index contributed by atoms with van der Waals surface area (Å²) < 4.78 is 10.2. The first kappa shape index (κ1) is 6.01. The van der Waals surface area contributed by atoms with Gasteiger partial charge in [-0.1, -0.05) is 0 Å². The van der Waals surface area contributed by atoms with Crippen molar-refractivity contribution in [1.29, 1.82) is 0 Å². The molecule has 0 aromatic heterocycles. The molecule has 3 nitrogen and oxygen atoms in total. The molecular weight excluding hydrogens is 106 g/mol. The van der Waals surface area contributed by atoms with Crippen molar-refractivity contribution in [1.82, 2.24) is 0 Å². The third-order valence-corrected chi connectivity index (χ3v) is 1.09. The van der Waals surface area contributed by atoms with Crippen molar-refractivity contribution in [2.75, 3.05) is 19.8 Å². The van der Waals surface area contributed by atoms with Crippen LogP contribution in [-0.4, -0.2) is 26.0 Å². The lowest BCUT2D eigenvalue weighted by Gasteiger charge is -2.04. The van der Waals surface area contributed by atoms with E-state index in [1.165, 1.54) is 0 Å². The van der Waals surface area contributed by atoms with Crippen molar-refractivity contribution in [2.24, 2.45) is 5.73 Å². The fraction of sp³-hybridized carbons (Fsp3) is 1.00. The second kappa shape index (κ2) is 3.02. The summed E-state index contributed by atoms with van der Waals surface area (Å²) in [6, 6.07) is 0. The van der Waals surface area contributed by atoms with Gasteiger partial charge in [-0.3, -0.25) is 0 Å². The predicted molar refractivity (Wildman–Crippen MR) is 29.4 cm³/mol. The van der Waals surface area contributed by atoms with Crippen LogP contribution in [0.15, 0.2) is 0 Å². The summed E-state index contributed by atoms with van der Waals surface area (Å²) in [5.74, 6) is 0. The maximum absolute atomic E-state index is 5.25. The van der Waals surface area contributed by atoms with Crippen LogP contribution in [0.3, 0.4) is 0 Å². The van der Waals surface area contributed by atoms with E-state index in [2.05, 4.69) is 0 Å². The lowest BCUT2D eigenvalue weighted by atomic mass is 10.4. The number of nitrogens with two attached hydrogens (primary N) is 1. The third kappa shape index (κ3) is 1.43. The molecule has 1 aliphatic rings. The summed E-state index contributed by atoms with van der Waals surface area (Å²) in [6.07, 6.45) is 0.806. The molecule has 0 bridgehead atoms. The largest absolute Gasteiger partial charge is 0.350 e. The molecule has 48 valence electrons. The molecular formula is C5H11NO2. The van der Waals surface area contributed by atoms with Crippen LogP contribution in [0.2, 0.25) is 0 Å². The third-order valence-electron chi connectivity index (χ3n) is 1.09. The van der Waals surface area contributed by atoms with Gasteiger partial charge in [-0.2, -0.15) is 0 Å². The molecule has 2 N–H and O–H groups in total. The highest BCUT2D eigenvalue weighted by Gasteiger charge is 2.13. The minimum atomic E-state index is -0.0139. The van der Waals surface area contributed by atoms with Crippen LogP contribution < -0.4 is 5.73 Å². The highest BCUT2D eigenvalue weighted by molar-refractivity contribution is 4.51. The molecule has 0 radical (unpaired) electrons. The van der Waals surface area contributed by atoms with E-state index >= 15 is 0 Å². The van der Waals surface area contributed by atoms with Gasteiger partial charge < -0.3 is 15.2 Å². The van der Waals surface area contributed by atoms with Crippen molar-refractivity contribution in [2.45, 2.75) is 12.7 Å². The van der Waals surface area contributed by atoms with E-state index in [1.807, 2.05) is 0 Å². The fourth-order valence-corrected chi connectivity index (χ4v) is 0.710. The molecule has 0 aliphatic carbocycles.